The Labute approximate surface area is 121 Å². The minimum atomic E-state index is 0.0837. The first-order valence-electron chi connectivity index (χ1n) is 7.89. The molecule has 0 atom stereocenters. The minimum absolute atomic E-state index is 0.0837. The highest BCUT2D eigenvalue weighted by molar-refractivity contribution is 5.81. The first-order chi connectivity index (χ1) is 9.72. The fraction of sp³-hybridized carbons (Fsp3) is 0.750. The van der Waals surface area contributed by atoms with Crippen LogP contribution in [0.1, 0.15) is 44.9 Å². The molecule has 0 spiro atoms. The van der Waals surface area contributed by atoms with E-state index >= 15 is 0 Å². The van der Waals surface area contributed by atoms with E-state index < -0.39 is 0 Å². The Morgan fingerprint density at radius 2 is 1.65 bits per heavy atom. The number of piperidine rings is 1. The van der Waals surface area contributed by atoms with Crippen molar-refractivity contribution in [3.05, 3.63) is 12.7 Å². The number of amides is 2. The van der Waals surface area contributed by atoms with Gasteiger partial charge in [-0.25, -0.2) is 0 Å². The van der Waals surface area contributed by atoms with Gasteiger partial charge < -0.3 is 10.2 Å². The van der Waals surface area contributed by atoms with Gasteiger partial charge in [-0.15, -0.1) is 6.58 Å². The van der Waals surface area contributed by atoms with Crippen molar-refractivity contribution in [1.82, 2.24) is 10.2 Å². The molecule has 1 saturated heterocycles. The van der Waals surface area contributed by atoms with E-state index in [2.05, 4.69) is 11.9 Å². The molecule has 0 radical (unpaired) electrons. The summed E-state index contributed by atoms with van der Waals surface area (Å²) in [6, 6.07) is 0. The summed E-state index contributed by atoms with van der Waals surface area (Å²) in [7, 11) is 0. The van der Waals surface area contributed by atoms with Crippen molar-refractivity contribution in [2.45, 2.75) is 44.9 Å². The van der Waals surface area contributed by atoms with Crippen molar-refractivity contribution in [2.75, 3.05) is 19.6 Å². The fourth-order valence-electron chi connectivity index (χ4n) is 3.29. The van der Waals surface area contributed by atoms with E-state index in [9.17, 15) is 9.59 Å². The van der Waals surface area contributed by atoms with E-state index in [-0.39, 0.29) is 17.7 Å². The molecule has 0 unspecified atom stereocenters. The third kappa shape index (κ3) is 3.84. The van der Waals surface area contributed by atoms with Gasteiger partial charge in [-0.2, -0.15) is 0 Å². The molecule has 4 nitrogen and oxygen atoms in total. The minimum Gasteiger partial charge on any atom is -0.352 e. The summed E-state index contributed by atoms with van der Waals surface area (Å²) < 4.78 is 0. The monoisotopic (exact) mass is 278 g/mol. The SMILES string of the molecule is C=CCNC(=O)C1CCC(C(=O)N2CCCCC2)CC1. The molecule has 0 aromatic rings. The van der Waals surface area contributed by atoms with Gasteiger partial charge in [0.25, 0.3) is 0 Å². The summed E-state index contributed by atoms with van der Waals surface area (Å²) >= 11 is 0. The van der Waals surface area contributed by atoms with Crippen molar-refractivity contribution < 1.29 is 9.59 Å². The third-order valence-corrected chi connectivity index (χ3v) is 4.54. The number of nitrogens with one attached hydrogen (secondary N) is 1. The van der Waals surface area contributed by atoms with E-state index in [4.69, 9.17) is 0 Å². The molecule has 0 aromatic heterocycles. The maximum absolute atomic E-state index is 12.4. The van der Waals surface area contributed by atoms with Gasteiger partial charge in [0, 0.05) is 31.5 Å². The quantitative estimate of drug-likeness (QED) is 0.801. The largest absolute Gasteiger partial charge is 0.352 e. The number of hydrogen-bond donors (Lipinski definition) is 1. The average Bonchev–Trinajstić information content (AvgIpc) is 2.53. The van der Waals surface area contributed by atoms with E-state index in [0.717, 1.165) is 51.6 Å². The number of carbonyl (C=O) groups excluding carboxylic acids is 2. The standard InChI is InChI=1S/C16H26N2O2/c1-2-10-17-15(19)13-6-8-14(9-7-13)16(20)18-11-4-3-5-12-18/h2,13-14H,1,3-12H2,(H,17,19). The van der Waals surface area contributed by atoms with Crippen LogP contribution in [0.15, 0.2) is 12.7 Å². The smallest absolute Gasteiger partial charge is 0.225 e. The number of hydrogen-bond acceptors (Lipinski definition) is 2. The number of carbonyl (C=O) groups is 2. The summed E-state index contributed by atoms with van der Waals surface area (Å²) in [4.78, 5) is 26.3. The lowest BCUT2D eigenvalue weighted by Gasteiger charge is -2.33. The summed E-state index contributed by atoms with van der Waals surface area (Å²) in [5.41, 5.74) is 0. The van der Waals surface area contributed by atoms with Gasteiger partial charge in [-0.05, 0) is 44.9 Å². The van der Waals surface area contributed by atoms with Gasteiger partial charge in [0.15, 0.2) is 0 Å². The van der Waals surface area contributed by atoms with Gasteiger partial charge >= 0.3 is 0 Å². The van der Waals surface area contributed by atoms with Crippen LogP contribution in [0.4, 0.5) is 0 Å². The lowest BCUT2D eigenvalue weighted by Crippen LogP contribution is -2.42. The van der Waals surface area contributed by atoms with Gasteiger partial charge in [0.1, 0.15) is 0 Å². The third-order valence-electron chi connectivity index (χ3n) is 4.54. The molecule has 112 valence electrons. The van der Waals surface area contributed by atoms with Crippen molar-refractivity contribution in [1.29, 1.82) is 0 Å². The molecular formula is C16H26N2O2. The number of likely N-dealkylation sites (tertiary alicyclic amines) is 1. The second kappa shape index (κ2) is 7.46. The van der Waals surface area contributed by atoms with Crippen LogP contribution in [0.25, 0.3) is 0 Å². The van der Waals surface area contributed by atoms with Crippen molar-refractivity contribution in [2.24, 2.45) is 11.8 Å². The van der Waals surface area contributed by atoms with Crippen molar-refractivity contribution in [3.63, 3.8) is 0 Å². The average molecular weight is 278 g/mol. The van der Waals surface area contributed by atoms with E-state index in [1.54, 1.807) is 6.08 Å². The molecule has 4 heteroatoms. The highest BCUT2D eigenvalue weighted by Crippen LogP contribution is 2.30. The van der Waals surface area contributed by atoms with Crippen molar-refractivity contribution in [3.8, 4) is 0 Å². The second-order valence-corrected chi connectivity index (χ2v) is 5.97. The van der Waals surface area contributed by atoms with E-state index in [1.807, 2.05) is 4.90 Å². The zero-order valence-corrected chi connectivity index (χ0v) is 12.3. The molecule has 2 amide bonds. The number of rotatable bonds is 4. The lowest BCUT2D eigenvalue weighted by molar-refractivity contribution is -0.139. The Bertz CT molecular complexity index is 353. The van der Waals surface area contributed by atoms with Crippen LogP contribution >= 0.6 is 0 Å². The zero-order valence-electron chi connectivity index (χ0n) is 12.3. The topological polar surface area (TPSA) is 49.4 Å². The Morgan fingerprint density at radius 3 is 2.25 bits per heavy atom. The van der Waals surface area contributed by atoms with Crippen LogP contribution in [-0.4, -0.2) is 36.3 Å². The number of nitrogens with zero attached hydrogens (tertiary/aromatic N) is 1. The summed E-state index contributed by atoms with van der Waals surface area (Å²) in [5, 5.41) is 2.86. The Balaban J connectivity index is 1.77. The highest BCUT2D eigenvalue weighted by atomic mass is 16.2. The van der Waals surface area contributed by atoms with Crippen LogP contribution in [0.2, 0.25) is 0 Å². The van der Waals surface area contributed by atoms with E-state index in [1.165, 1.54) is 6.42 Å². The molecule has 0 aromatic carbocycles. The Hall–Kier alpha value is -1.32. The molecule has 2 aliphatic rings. The van der Waals surface area contributed by atoms with Gasteiger partial charge in [0.2, 0.25) is 11.8 Å². The molecule has 1 aliphatic heterocycles. The van der Waals surface area contributed by atoms with Crippen molar-refractivity contribution >= 4 is 11.8 Å². The zero-order chi connectivity index (χ0) is 14.4. The van der Waals surface area contributed by atoms with Crippen LogP contribution in [-0.2, 0) is 9.59 Å². The normalized spacial score (nSPS) is 26.9. The van der Waals surface area contributed by atoms with Crippen LogP contribution in [0.5, 0.6) is 0 Å². The molecule has 1 N–H and O–H groups in total. The molecular weight excluding hydrogens is 252 g/mol. The van der Waals surface area contributed by atoms with E-state index in [0.29, 0.717) is 12.5 Å². The first-order valence-corrected chi connectivity index (χ1v) is 7.89. The van der Waals surface area contributed by atoms with Crippen LogP contribution in [0.3, 0.4) is 0 Å². The maximum atomic E-state index is 12.4. The molecule has 20 heavy (non-hydrogen) atoms. The molecule has 0 bridgehead atoms. The summed E-state index contributed by atoms with van der Waals surface area (Å²) in [5.74, 6) is 0.681. The lowest BCUT2D eigenvalue weighted by atomic mass is 9.80. The Morgan fingerprint density at radius 1 is 1.05 bits per heavy atom. The summed E-state index contributed by atoms with van der Waals surface area (Å²) in [6.45, 7) is 5.99. The maximum Gasteiger partial charge on any atom is 0.225 e. The molecule has 1 heterocycles. The van der Waals surface area contributed by atoms with Crippen LogP contribution in [0, 0.1) is 11.8 Å². The van der Waals surface area contributed by atoms with Crippen LogP contribution < -0.4 is 5.32 Å². The molecule has 2 rings (SSSR count). The predicted octanol–water partition coefficient (Wildman–Crippen LogP) is 2.11. The second-order valence-electron chi connectivity index (χ2n) is 5.97. The van der Waals surface area contributed by atoms with Gasteiger partial charge in [-0.1, -0.05) is 6.08 Å². The van der Waals surface area contributed by atoms with Gasteiger partial charge in [0.05, 0.1) is 0 Å². The predicted molar refractivity (Wildman–Crippen MR) is 79.1 cm³/mol. The molecule has 1 aliphatic carbocycles. The fourth-order valence-corrected chi connectivity index (χ4v) is 3.29. The molecule has 1 saturated carbocycles. The first kappa shape index (κ1) is 15.1. The van der Waals surface area contributed by atoms with Gasteiger partial charge in [-0.3, -0.25) is 9.59 Å². The highest BCUT2D eigenvalue weighted by Gasteiger charge is 2.32. The molecule has 2 fully saturated rings. The Kier molecular flexibility index (Phi) is 5.62. The summed E-state index contributed by atoms with van der Waals surface area (Å²) in [6.07, 6.45) is 8.64.